The Morgan fingerprint density at radius 2 is 2.05 bits per heavy atom. The predicted molar refractivity (Wildman–Crippen MR) is 79.8 cm³/mol. The summed E-state index contributed by atoms with van der Waals surface area (Å²) in [6.45, 7) is 5.39. The minimum atomic E-state index is -0.253. The van der Waals surface area contributed by atoms with Gasteiger partial charge in [0.1, 0.15) is 5.82 Å². The van der Waals surface area contributed by atoms with Crippen LogP contribution in [0.5, 0.6) is 0 Å². The van der Waals surface area contributed by atoms with Crippen molar-refractivity contribution in [2.24, 2.45) is 5.73 Å². The molecule has 1 aromatic rings. The number of pyridine rings is 1. The average molecular weight is 279 g/mol. The van der Waals surface area contributed by atoms with E-state index in [9.17, 15) is 4.39 Å². The summed E-state index contributed by atoms with van der Waals surface area (Å²) in [5.41, 5.74) is 6.97. The molecule has 0 spiro atoms. The van der Waals surface area contributed by atoms with Crippen LogP contribution in [0.3, 0.4) is 0 Å². The van der Waals surface area contributed by atoms with Gasteiger partial charge in [-0.05, 0) is 57.2 Å². The average Bonchev–Trinajstić information content (AvgIpc) is 2.45. The van der Waals surface area contributed by atoms with Gasteiger partial charge in [0.25, 0.3) is 0 Å². The highest BCUT2D eigenvalue weighted by Crippen LogP contribution is 2.30. The van der Waals surface area contributed by atoms with Crippen molar-refractivity contribution in [1.82, 2.24) is 9.88 Å². The summed E-state index contributed by atoms with van der Waals surface area (Å²) in [5, 5.41) is 0. The molecular weight excluding hydrogens is 253 g/mol. The van der Waals surface area contributed by atoms with E-state index in [4.69, 9.17) is 5.73 Å². The molecule has 1 aliphatic rings. The highest BCUT2D eigenvalue weighted by molar-refractivity contribution is 5.15. The van der Waals surface area contributed by atoms with E-state index in [0.717, 1.165) is 44.2 Å². The molecule has 1 aromatic heterocycles. The zero-order valence-electron chi connectivity index (χ0n) is 12.6. The van der Waals surface area contributed by atoms with Gasteiger partial charge in [0.2, 0.25) is 0 Å². The van der Waals surface area contributed by atoms with Gasteiger partial charge < -0.3 is 5.73 Å². The monoisotopic (exact) mass is 279 g/mol. The third kappa shape index (κ3) is 3.76. The summed E-state index contributed by atoms with van der Waals surface area (Å²) in [5.74, 6) is -0.253. The van der Waals surface area contributed by atoms with E-state index in [2.05, 4.69) is 23.7 Å². The Morgan fingerprint density at radius 1 is 1.35 bits per heavy atom. The lowest BCUT2D eigenvalue weighted by atomic mass is 9.89. The minimum Gasteiger partial charge on any atom is -0.328 e. The fourth-order valence-electron chi connectivity index (χ4n) is 3.23. The Labute approximate surface area is 121 Å². The van der Waals surface area contributed by atoms with E-state index < -0.39 is 0 Å². The van der Waals surface area contributed by atoms with Crippen LogP contribution in [0.15, 0.2) is 18.5 Å². The molecule has 1 heterocycles. The van der Waals surface area contributed by atoms with Crippen LogP contribution >= 0.6 is 0 Å². The van der Waals surface area contributed by atoms with Crippen molar-refractivity contribution in [2.45, 2.75) is 64.1 Å². The van der Waals surface area contributed by atoms with Gasteiger partial charge in [-0.1, -0.05) is 6.92 Å². The van der Waals surface area contributed by atoms with Crippen LogP contribution < -0.4 is 5.73 Å². The third-order valence-electron chi connectivity index (χ3n) is 4.40. The Kier molecular flexibility index (Phi) is 5.49. The topological polar surface area (TPSA) is 42.1 Å². The SMILES string of the molecule is CCCN(C1CCC(N)CC1)C(C)c1cncc(F)c1. The first kappa shape index (κ1) is 15.4. The summed E-state index contributed by atoms with van der Waals surface area (Å²) < 4.78 is 13.4. The fourth-order valence-corrected chi connectivity index (χ4v) is 3.23. The molecule has 0 radical (unpaired) electrons. The van der Waals surface area contributed by atoms with Crippen LogP contribution in [0.4, 0.5) is 4.39 Å². The highest BCUT2D eigenvalue weighted by atomic mass is 19.1. The maximum absolute atomic E-state index is 13.4. The zero-order chi connectivity index (χ0) is 14.5. The van der Waals surface area contributed by atoms with Crippen molar-refractivity contribution in [3.63, 3.8) is 0 Å². The molecule has 0 aromatic carbocycles. The quantitative estimate of drug-likeness (QED) is 0.899. The number of rotatable bonds is 5. The van der Waals surface area contributed by atoms with E-state index in [0.29, 0.717) is 12.1 Å². The maximum Gasteiger partial charge on any atom is 0.141 e. The smallest absolute Gasteiger partial charge is 0.141 e. The molecule has 1 aliphatic carbocycles. The summed E-state index contributed by atoms with van der Waals surface area (Å²) in [6.07, 6.45) is 8.64. The molecule has 1 saturated carbocycles. The maximum atomic E-state index is 13.4. The van der Waals surface area contributed by atoms with Crippen LogP contribution in [0.1, 0.15) is 57.6 Å². The van der Waals surface area contributed by atoms with Crippen LogP contribution in [0.2, 0.25) is 0 Å². The van der Waals surface area contributed by atoms with Crippen LogP contribution in [0, 0.1) is 5.82 Å². The molecule has 0 aliphatic heterocycles. The lowest BCUT2D eigenvalue weighted by molar-refractivity contribution is 0.107. The van der Waals surface area contributed by atoms with Gasteiger partial charge in [-0.3, -0.25) is 9.88 Å². The molecule has 0 bridgehead atoms. The number of hydrogen-bond donors (Lipinski definition) is 1. The molecule has 0 saturated heterocycles. The summed E-state index contributed by atoms with van der Waals surface area (Å²) in [6, 6.07) is 2.74. The van der Waals surface area contributed by atoms with E-state index in [-0.39, 0.29) is 11.9 Å². The van der Waals surface area contributed by atoms with Crippen molar-refractivity contribution in [3.05, 3.63) is 29.8 Å². The van der Waals surface area contributed by atoms with Crippen LogP contribution in [-0.4, -0.2) is 28.5 Å². The van der Waals surface area contributed by atoms with Gasteiger partial charge in [-0.25, -0.2) is 4.39 Å². The Balaban J connectivity index is 2.11. The fraction of sp³-hybridized carbons (Fsp3) is 0.688. The van der Waals surface area contributed by atoms with Gasteiger partial charge in [-0.2, -0.15) is 0 Å². The lowest BCUT2D eigenvalue weighted by Gasteiger charge is -2.39. The number of hydrogen-bond acceptors (Lipinski definition) is 3. The second-order valence-corrected chi connectivity index (χ2v) is 5.92. The Hall–Kier alpha value is -1.00. The molecule has 1 unspecified atom stereocenters. The number of nitrogens with two attached hydrogens (primary N) is 1. The molecule has 1 atom stereocenters. The zero-order valence-corrected chi connectivity index (χ0v) is 12.6. The second-order valence-electron chi connectivity index (χ2n) is 5.92. The lowest BCUT2D eigenvalue weighted by Crippen LogP contribution is -2.42. The van der Waals surface area contributed by atoms with Gasteiger partial charge in [0.05, 0.1) is 6.20 Å². The second kappa shape index (κ2) is 7.14. The molecule has 3 nitrogen and oxygen atoms in total. The summed E-state index contributed by atoms with van der Waals surface area (Å²) >= 11 is 0. The van der Waals surface area contributed by atoms with Crippen molar-refractivity contribution < 1.29 is 4.39 Å². The molecule has 0 amide bonds. The van der Waals surface area contributed by atoms with Crippen LogP contribution in [0.25, 0.3) is 0 Å². The molecule has 4 heteroatoms. The van der Waals surface area contributed by atoms with Crippen molar-refractivity contribution in [1.29, 1.82) is 0 Å². The highest BCUT2D eigenvalue weighted by Gasteiger charge is 2.27. The first-order valence-corrected chi connectivity index (χ1v) is 7.73. The molecule has 2 N–H and O–H groups in total. The molecule has 1 fully saturated rings. The van der Waals surface area contributed by atoms with Gasteiger partial charge in [0, 0.05) is 24.3 Å². The van der Waals surface area contributed by atoms with Crippen molar-refractivity contribution >= 4 is 0 Å². The minimum absolute atomic E-state index is 0.206. The number of nitrogens with zero attached hydrogens (tertiary/aromatic N) is 2. The largest absolute Gasteiger partial charge is 0.328 e. The first-order chi connectivity index (χ1) is 9.61. The van der Waals surface area contributed by atoms with Gasteiger partial charge >= 0.3 is 0 Å². The van der Waals surface area contributed by atoms with E-state index in [1.54, 1.807) is 12.3 Å². The normalized spacial score (nSPS) is 24.9. The first-order valence-electron chi connectivity index (χ1n) is 7.73. The third-order valence-corrected chi connectivity index (χ3v) is 4.40. The van der Waals surface area contributed by atoms with E-state index in [1.807, 2.05) is 0 Å². The van der Waals surface area contributed by atoms with Crippen LogP contribution in [-0.2, 0) is 0 Å². The van der Waals surface area contributed by atoms with Crippen molar-refractivity contribution in [2.75, 3.05) is 6.54 Å². The van der Waals surface area contributed by atoms with Crippen molar-refractivity contribution in [3.8, 4) is 0 Å². The molecule has 2 rings (SSSR count). The number of aromatic nitrogens is 1. The van der Waals surface area contributed by atoms with E-state index >= 15 is 0 Å². The molecular formula is C16H26FN3. The molecule has 20 heavy (non-hydrogen) atoms. The summed E-state index contributed by atoms with van der Waals surface area (Å²) in [4.78, 5) is 6.49. The predicted octanol–water partition coefficient (Wildman–Crippen LogP) is 3.26. The van der Waals surface area contributed by atoms with Gasteiger partial charge in [0.15, 0.2) is 0 Å². The molecule has 112 valence electrons. The summed E-state index contributed by atoms with van der Waals surface area (Å²) in [7, 11) is 0. The Bertz CT molecular complexity index is 416. The standard InChI is InChI=1S/C16H26FN3/c1-3-8-20(16-6-4-15(18)5-7-16)12(2)13-9-14(17)11-19-10-13/h9-12,15-16H,3-8,18H2,1-2H3. The Morgan fingerprint density at radius 3 is 2.65 bits per heavy atom. The van der Waals surface area contributed by atoms with E-state index in [1.165, 1.54) is 6.20 Å². The number of halogens is 1. The van der Waals surface area contributed by atoms with Gasteiger partial charge in [-0.15, -0.1) is 0 Å².